The van der Waals surface area contributed by atoms with Crippen LogP contribution in [0.5, 0.6) is 0 Å². The fourth-order valence-corrected chi connectivity index (χ4v) is 0.449. The Labute approximate surface area is 53.8 Å². The Kier molecular flexibility index (Phi) is 3.64. The van der Waals surface area contributed by atoms with Gasteiger partial charge in [0.1, 0.15) is 0 Å². The van der Waals surface area contributed by atoms with Gasteiger partial charge in [0.25, 0.3) is 0 Å². The van der Waals surface area contributed by atoms with Crippen LogP contribution in [0.4, 0.5) is 0 Å². The Balaban J connectivity index is 3.32. The predicted molar refractivity (Wildman–Crippen MR) is 35.6 cm³/mol. The Morgan fingerprint density at radius 1 is 1.75 bits per heavy atom. The molecule has 0 spiro atoms. The summed E-state index contributed by atoms with van der Waals surface area (Å²) in [7, 11) is 0. The summed E-state index contributed by atoms with van der Waals surface area (Å²) in [5.74, 6) is -0.404. The molecule has 1 amide bonds. The van der Waals surface area contributed by atoms with Crippen molar-refractivity contribution in [2.45, 2.75) is 11.7 Å². The molecule has 8 heavy (non-hydrogen) atoms. The Hall–Kier alpha value is -0.220. The number of hydrogen-bond acceptors (Lipinski definition) is 3. The van der Waals surface area contributed by atoms with Crippen molar-refractivity contribution in [2.24, 2.45) is 11.5 Å². The number of thiol groups is 1. The average Bonchev–Trinajstić information content (AvgIpc) is 1.67. The van der Waals surface area contributed by atoms with Crippen molar-refractivity contribution >= 4 is 18.5 Å². The zero-order valence-corrected chi connectivity index (χ0v) is 5.40. The van der Waals surface area contributed by atoms with Gasteiger partial charge in [-0.05, 0) is 13.0 Å². The molecule has 0 heterocycles. The summed E-state index contributed by atoms with van der Waals surface area (Å²) in [6.07, 6.45) is 0.554. The highest BCUT2D eigenvalue weighted by molar-refractivity contribution is 7.81. The summed E-state index contributed by atoms with van der Waals surface area (Å²) in [6.45, 7) is 0.455. The minimum absolute atomic E-state index is 0.375. The summed E-state index contributed by atoms with van der Waals surface area (Å²) >= 11 is 3.85. The molecule has 1 unspecified atom stereocenters. The Morgan fingerprint density at radius 3 is 2.38 bits per heavy atom. The molecular formula is C4H10N2OS. The maximum absolute atomic E-state index is 10.2. The zero-order chi connectivity index (χ0) is 6.57. The maximum Gasteiger partial charge on any atom is 0.230 e. The first-order valence-electron chi connectivity index (χ1n) is 2.36. The molecule has 0 aliphatic heterocycles. The van der Waals surface area contributed by atoms with E-state index < -0.39 is 5.91 Å². The van der Waals surface area contributed by atoms with E-state index in [1.54, 1.807) is 0 Å². The van der Waals surface area contributed by atoms with Crippen LogP contribution in [-0.2, 0) is 4.79 Å². The summed E-state index contributed by atoms with van der Waals surface area (Å²) in [5, 5.41) is -0.375. The fraction of sp³-hybridized carbons (Fsp3) is 0.750. The molecule has 0 aliphatic rings. The Bertz CT molecular complexity index is 86.1. The molecule has 0 rings (SSSR count). The molecule has 0 aromatic carbocycles. The van der Waals surface area contributed by atoms with E-state index in [2.05, 4.69) is 12.6 Å². The lowest BCUT2D eigenvalue weighted by Gasteiger charge is -2.00. The minimum Gasteiger partial charge on any atom is -0.369 e. The molecule has 0 saturated heterocycles. The quantitative estimate of drug-likeness (QED) is 0.439. The molecule has 0 aromatic rings. The summed E-state index contributed by atoms with van der Waals surface area (Å²) in [4.78, 5) is 10.2. The van der Waals surface area contributed by atoms with E-state index in [4.69, 9.17) is 11.5 Å². The monoisotopic (exact) mass is 134 g/mol. The topological polar surface area (TPSA) is 69.1 Å². The van der Waals surface area contributed by atoms with E-state index in [0.717, 1.165) is 0 Å². The first-order chi connectivity index (χ1) is 3.68. The standard InChI is InChI=1S/C4H10N2OS/c5-2-1-3(8)4(6)7/h3,8H,1-2,5H2,(H2,6,7). The first-order valence-corrected chi connectivity index (χ1v) is 2.87. The van der Waals surface area contributed by atoms with E-state index in [9.17, 15) is 4.79 Å². The predicted octanol–water partition coefficient (Wildman–Crippen LogP) is -0.881. The highest BCUT2D eigenvalue weighted by Crippen LogP contribution is 1.96. The molecule has 0 fully saturated rings. The van der Waals surface area contributed by atoms with Crippen LogP contribution in [0.2, 0.25) is 0 Å². The van der Waals surface area contributed by atoms with Gasteiger partial charge in [0.05, 0.1) is 5.25 Å². The van der Waals surface area contributed by atoms with Crippen molar-refractivity contribution in [2.75, 3.05) is 6.54 Å². The van der Waals surface area contributed by atoms with E-state index in [-0.39, 0.29) is 5.25 Å². The highest BCUT2D eigenvalue weighted by atomic mass is 32.1. The van der Waals surface area contributed by atoms with Gasteiger partial charge in [0, 0.05) is 0 Å². The molecule has 4 heteroatoms. The number of carbonyl (C=O) groups excluding carboxylic acids is 1. The lowest BCUT2D eigenvalue weighted by atomic mass is 10.3. The molecule has 0 aromatic heterocycles. The van der Waals surface area contributed by atoms with Gasteiger partial charge in [0.2, 0.25) is 5.91 Å². The molecule has 4 N–H and O–H groups in total. The van der Waals surface area contributed by atoms with Gasteiger partial charge in [-0.25, -0.2) is 0 Å². The second-order valence-electron chi connectivity index (χ2n) is 1.50. The van der Waals surface area contributed by atoms with Crippen LogP contribution in [0.25, 0.3) is 0 Å². The van der Waals surface area contributed by atoms with Gasteiger partial charge < -0.3 is 11.5 Å². The number of amides is 1. The second kappa shape index (κ2) is 3.74. The van der Waals surface area contributed by atoms with Gasteiger partial charge >= 0.3 is 0 Å². The van der Waals surface area contributed by atoms with Crippen LogP contribution in [-0.4, -0.2) is 17.7 Å². The van der Waals surface area contributed by atoms with E-state index in [1.165, 1.54) is 0 Å². The molecule has 48 valence electrons. The van der Waals surface area contributed by atoms with Crippen molar-refractivity contribution in [3.63, 3.8) is 0 Å². The SMILES string of the molecule is NCCC(S)C(N)=O. The maximum atomic E-state index is 10.2. The first kappa shape index (κ1) is 7.78. The molecular weight excluding hydrogens is 124 g/mol. The number of rotatable bonds is 3. The molecule has 0 radical (unpaired) electrons. The number of nitrogens with two attached hydrogens (primary N) is 2. The van der Waals surface area contributed by atoms with Gasteiger partial charge in [-0.15, -0.1) is 0 Å². The summed E-state index contributed by atoms with van der Waals surface area (Å²) < 4.78 is 0. The molecule has 0 saturated carbocycles. The van der Waals surface area contributed by atoms with Gasteiger partial charge in [-0.1, -0.05) is 0 Å². The third kappa shape index (κ3) is 2.87. The van der Waals surface area contributed by atoms with E-state index in [0.29, 0.717) is 13.0 Å². The smallest absolute Gasteiger partial charge is 0.230 e. The highest BCUT2D eigenvalue weighted by Gasteiger charge is 2.06. The number of hydrogen-bond donors (Lipinski definition) is 3. The van der Waals surface area contributed by atoms with E-state index >= 15 is 0 Å². The average molecular weight is 134 g/mol. The van der Waals surface area contributed by atoms with Gasteiger partial charge in [0.15, 0.2) is 0 Å². The van der Waals surface area contributed by atoms with E-state index in [1.807, 2.05) is 0 Å². The van der Waals surface area contributed by atoms with Crippen molar-refractivity contribution in [1.29, 1.82) is 0 Å². The number of carbonyl (C=O) groups is 1. The normalized spacial score (nSPS) is 13.2. The van der Waals surface area contributed by atoms with Crippen molar-refractivity contribution in [3.8, 4) is 0 Å². The van der Waals surface area contributed by atoms with Gasteiger partial charge in [-0.2, -0.15) is 12.6 Å². The lowest BCUT2D eigenvalue weighted by Crippen LogP contribution is -2.25. The number of primary amides is 1. The minimum atomic E-state index is -0.404. The van der Waals surface area contributed by atoms with Crippen molar-refractivity contribution < 1.29 is 4.79 Å². The van der Waals surface area contributed by atoms with Crippen molar-refractivity contribution in [1.82, 2.24) is 0 Å². The van der Waals surface area contributed by atoms with Crippen LogP contribution in [0.15, 0.2) is 0 Å². The molecule has 0 bridgehead atoms. The largest absolute Gasteiger partial charge is 0.369 e. The van der Waals surface area contributed by atoms with Crippen LogP contribution in [0.3, 0.4) is 0 Å². The van der Waals surface area contributed by atoms with Crippen LogP contribution in [0, 0.1) is 0 Å². The Morgan fingerprint density at radius 2 is 2.25 bits per heavy atom. The van der Waals surface area contributed by atoms with Crippen LogP contribution < -0.4 is 11.5 Å². The van der Waals surface area contributed by atoms with Crippen molar-refractivity contribution in [3.05, 3.63) is 0 Å². The lowest BCUT2D eigenvalue weighted by molar-refractivity contribution is -0.117. The summed E-state index contributed by atoms with van der Waals surface area (Å²) in [6, 6.07) is 0. The second-order valence-corrected chi connectivity index (χ2v) is 2.12. The third-order valence-corrected chi connectivity index (χ3v) is 1.28. The van der Waals surface area contributed by atoms with Crippen LogP contribution in [0.1, 0.15) is 6.42 Å². The van der Waals surface area contributed by atoms with Crippen LogP contribution >= 0.6 is 12.6 Å². The third-order valence-electron chi connectivity index (χ3n) is 0.769. The fourth-order valence-electron chi connectivity index (χ4n) is 0.300. The molecule has 0 aliphatic carbocycles. The molecule has 1 atom stereocenters. The summed E-state index contributed by atoms with van der Waals surface area (Å²) in [5.41, 5.74) is 9.96. The van der Waals surface area contributed by atoms with Gasteiger partial charge in [-0.3, -0.25) is 4.79 Å². The molecule has 3 nitrogen and oxygen atoms in total. The zero-order valence-electron chi connectivity index (χ0n) is 4.50.